The maximum atomic E-state index is 9.70. The highest BCUT2D eigenvalue weighted by atomic mass is 31.2. The van der Waals surface area contributed by atoms with Crippen LogP contribution in [-0.2, 0) is 0 Å². The standard InChI is InChI=1S/C21H21O6P/c1-13-10-16(4-7-19(13)22)25-28(26-17-5-8-20(23)14(2)11-17)27-18-6-9-21(24)15(3)12-18/h4-12,22-24H,1-3H3. The zero-order valence-corrected chi connectivity index (χ0v) is 16.6. The molecule has 3 aromatic carbocycles. The number of benzene rings is 3. The van der Waals surface area contributed by atoms with Gasteiger partial charge < -0.3 is 28.9 Å². The first kappa shape index (κ1) is 19.6. The monoisotopic (exact) mass is 400 g/mol. The lowest BCUT2D eigenvalue weighted by Crippen LogP contribution is -2.03. The predicted octanol–water partition coefficient (Wildman–Crippen LogP) is 5.49. The summed E-state index contributed by atoms with van der Waals surface area (Å²) in [7, 11) is -1.90. The Morgan fingerprint density at radius 2 is 0.821 bits per heavy atom. The van der Waals surface area contributed by atoms with E-state index >= 15 is 0 Å². The molecule has 0 atom stereocenters. The molecule has 0 unspecified atom stereocenters. The van der Waals surface area contributed by atoms with Gasteiger partial charge in [-0.3, -0.25) is 0 Å². The van der Waals surface area contributed by atoms with E-state index in [1.54, 1.807) is 57.2 Å². The molecule has 3 N–H and O–H groups in total. The van der Waals surface area contributed by atoms with E-state index in [9.17, 15) is 15.3 Å². The van der Waals surface area contributed by atoms with Gasteiger partial charge in [-0.25, -0.2) is 0 Å². The van der Waals surface area contributed by atoms with Crippen molar-refractivity contribution in [2.75, 3.05) is 0 Å². The van der Waals surface area contributed by atoms with E-state index < -0.39 is 8.60 Å². The Hall–Kier alpha value is -3.11. The molecule has 146 valence electrons. The molecule has 0 spiro atoms. The molecule has 0 aliphatic heterocycles. The van der Waals surface area contributed by atoms with Crippen LogP contribution in [0.3, 0.4) is 0 Å². The minimum Gasteiger partial charge on any atom is -0.508 e. The van der Waals surface area contributed by atoms with Gasteiger partial charge in [0.15, 0.2) is 0 Å². The average molecular weight is 400 g/mol. The molecule has 3 aromatic rings. The van der Waals surface area contributed by atoms with Crippen molar-refractivity contribution in [2.45, 2.75) is 20.8 Å². The van der Waals surface area contributed by atoms with Gasteiger partial charge in [-0.1, -0.05) is 0 Å². The van der Waals surface area contributed by atoms with Gasteiger partial charge in [0, 0.05) is 0 Å². The van der Waals surface area contributed by atoms with Crippen LogP contribution in [0.4, 0.5) is 0 Å². The van der Waals surface area contributed by atoms with E-state index in [0.29, 0.717) is 33.9 Å². The SMILES string of the molecule is Cc1cc(OP(Oc2ccc(O)c(C)c2)Oc2ccc(O)c(C)c2)ccc1O. The van der Waals surface area contributed by atoms with Crippen LogP contribution >= 0.6 is 8.60 Å². The third-order valence-electron chi connectivity index (χ3n) is 4.04. The molecule has 0 bridgehead atoms. The molecule has 0 aliphatic rings. The summed E-state index contributed by atoms with van der Waals surface area (Å²) in [6.45, 7) is 5.29. The van der Waals surface area contributed by atoms with Gasteiger partial charge in [0.05, 0.1) is 0 Å². The van der Waals surface area contributed by atoms with Crippen molar-refractivity contribution in [1.82, 2.24) is 0 Å². The minimum absolute atomic E-state index is 0.168. The van der Waals surface area contributed by atoms with Crippen molar-refractivity contribution >= 4 is 8.60 Å². The smallest absolute Gasteiger partial charge is 0.508 e. The number of phenols is 3. The molecule has 3 rings (SSSR count). The van der Waals surface area contributed by atoms with Gasteiger partial charge in [0.25, 0.3) is 0 Å². The molecular weight excluding hydrogens is 379 g/mol. The van der Waals surface area contributed by atoms with E-state index in [1.165, 1.54) is 18.2 Å². The fourth-order valence-electron chi connectivity index (χ4n) is 2.37. The molecule has 0 aliphatic carbocycles. The third kappa shape index (κ3) is 4.78. The second-order valence-corrected chi connectivity index (χ2v) is 7.34. The molecule has 0 aromatic heterocycles. The van der Waals surface area contributed by atoms with Crippen LogP contribution in [0, 0.1) is 20.8 Å². The first-order valence-electron chi connectivity index (χ1n) is 8.55. The molecule has 7 heteroatoms. The number of aromatic hydroxyl groups is 3. The van der Waals surface area contributed by atoms with Gasteiger partial charge in [-0.05, 0) is 92.1 Å². The Kier molecular flexibility index (Phi) is 5.81. The number of phenolic OH excluding ortho intramolecular Hbond substituents is 3. The molecule has 0 amide bonds. The van der Waals surface area contributed by atoms with Gasteiger partial charge in [0.1, 0.15) is 34.5 Å². The molecule has 0 radical (unpaired) electrons. The summed E-state index contributed by atoms with van der Waals surface area (Å²) < 4.78 is 17.6. The Labute approximate surface area is 164 Å². The lowest BCUT2D eigenvalue weighted by atomic mass is 10.2. The summed E-state index contributed by atoms with van der Waals surface area (Å²) in [4.78, 5) is 0. The maximum absolute atomic E-state index is 9.70. The Balaban J connectivity index is 1.86. The number of hydrogen-bond acceptors (Lipinski definition) is 6. The van der Waals surface area contributed by atoms with Gasteiger partial charge in [-0.15, -0.1) is 0 Å². The van der Waals surface area contributed by atoms with Crippen LogP contribution in [-0.4, -0.2) is 15.3 Å². The number of hydrogen-bond donors (Lipinski definition) is 3. The molecule has 28 heavy (non-hydrogen) atoms. The lowest BCUT2D eigenvalue weighted by Gasteiger charge is -2.19. The molecular formula is C21H21O6P. The highest BCUT2D eigenvalue weighted by Gasteiger charge is 2.21. The zero-order valence-electron chi connectivity index (χ0n) is 15.7. The fraction of sp³-hybridized carbons (Fsp3) is 0.143. The van der Waals surface area contributed by atoms with E-state index in [4.69, 9.17) is 13.6 Å². The van der Waals surface area contributed by atoms with Gasteiger partial charge in [0.2, 0.25) is 0 Å². The quantitative estimate of drug-likeness (QED) is 0.474. The van der Waals surface area contributed by atoms with Crippen LogP contribution in [0.25, 0.3) is 0 Å². The Bertz CT molecular complexity index is 861. The van der Waals surface area contributed by atoms with Gasteiger partial charge >= 0.3 is 8.60 Å². The van der Waals surface area contributed by atoms with Crippen molar-refractivity contribution in [1.29, 1.82) is 0 Å². The summed E-state index contributed by atoms with van der Waals surface area (Å²) in [6, 6.07) is 14.5. The first-order chi connectivity index (χ1) is 13.3. The summed E-state index contributed by atoms with van der Waals surface area (Å²) in [5.41, 5.74) is 1.98. The minimum atomic E-state index is -1.90. The van der Waals surface area contributed by atoms with E-state index in [-0.39, 0.29) is 17.2 Å². The second-order valence-electron chi connectivity index (χ2n) is 6.34. The summed E-state index contributed by atoms with van der Waals surface area (Å²) in [6.07, 6.45) is 0. The molecule has 6 nitrogen and oxygen atoms in total. The van der Waals surface area contributed by atoms with E-state index in [0.717, 1.165) is 0 Å². The maximum Gasteiger partial charge on any atom is 0.530 e. The highest BCUT2D eigenvalue weighted by Crippen LogP contribution is 2.44. The summed E-state index contributed by atoms with van der Waals surface area (Å²) >= 11 is 0. The van der Waals surface area contributed by atoms with Crippen molar-refractivity contribution in [3.63, 3.8) is 0 Å². The van der Waals surface area contributed by atoms with Crippen molar-refractivity contribution < 1.29 is 28.9 Å². The van der Waals surface area contributed by atoms with Crippen LogP contribution in [0.1, 0.15) is 16.7 Å². The van der Waals surface area contributed by atoms with Crippen molar-refractivity contribution in [3.8, 4) is 34.5 Å². The largest absolute Gasteiger partial charge is 0.530 e. The molecule has 0 saturated heterocycles. The van der Waals surface area contributed by atoms with Crippen molar-refractivity contribution in [2.24, 2.45) is 0 Å². The lowest BCUT2D eigenvalue weighted by molar-refractivity contribution is 0.385. The normalized spacial score (nSPS) is 10.7. The molecule has 0 saturated carbocycles. The predicted molar refractivity (Wildman–Crippen MR) is 107 cm³/mol. The third-order valence-corrected chi connectivity index (χ3v) is 5.12. The highest BCUT2D eigenvalue weighted by molar-refractivity contribution is 7.43. The molecule has 0 heterocycles. The van der Waals surface area contributed by atoms with Crippen LogP contribution in [0.2, 0.25) is 0 Å². The summed E-state index contributed by atoms with van der Waals surface area (Å²) in [5.74, 6) is 1.94. The number of aryl methyl sites for hydroxylation is 3. The van der Waals surface area contributed by atoms with Gasteiger partial charge in [-0.2, -0.15) is 0 Å². The van der Waals surface area contributed by atoms with Crippen LogP contribution in [0.15, 0.2) is 54.6 Å². The summed E-state index contributed by atoms with van der Waals surface area (Å²) in [5, 5.41) is 29.1. The van der Waals surface area contributed by atoms with E-state index in [2.05, 4.69) is 0 Å². The zero-order chi connectivity index (χ0) is 20.3. The Morgan fingerprint density at radius 3 is 1.07 bits per heavy atom. The number of rotatable bonds is 6. The topological polar surface area (TPSA) is 88.4 Å². The average Bonchev–Trinajstić information content (AvgIpc) is 2.64. The second kappa shape index (κ2) is 8.28. The first-order valence-corrected chi connectivity index (χ1v) is 9.64. The Morgan fingerprint density at radius 1 is 0.536 bits per heavy atom. The fourth-order valence-corrected chi connectivity index (χ4v) is 3.34. The van der Waals surface area contributed by atoms with Crippen LogP contribution < -0.4 is 13.6 Å². The van der Waals surface area contributed by atoms with Crippen molar-refractivity contribution in [3.05, 3.63) is 71.3 Å². The molecule has 0 fully saturated rings. The van der Waals surface area contributed by atoms with E-state index in [1.807, 2.05) is 0 Å². The van der Waals surface area contributed by atoms with Crippen LogP contribution in [0.5, 0.6) is 34.5 Å².